The van der Waals surface area contributed by atoms with Crippen LogP contribution >= 0.6 is 11.8 Å². The molecule has 0 saturated heterocycles. The lowest BCUT2D eigenvalue weighted by Crippen LogP contribution is -2.07. The molecule has 7 heteroatoms. The summed E-state index contributed by atoms with van der Waals surface area (Å²) in [5, 5.41) is 12.3. The smallest absolute Gasteiger partial charge is 0.214 e. The largest absolute Gasteiger partial charge is 0.497 e. The van der Waals surface area contributed by atoms with Crippen LogP contribution in [0.3, 0.4) is 0 Å². The summed E-state index contributed by atoms with van der Waals surface area (Å²) in [5.74, 6) is 1.10. The average Bonchev–Trinajstić information content (AvgIpc) is 3.10. The van der Waals surface area contributed by atoms with Gasteiger partial charge in [0.2, 0.25) is 5.16 Å². The number of ketones is 1. The summed E-state index contributed by atoms with van der Waals surface area (Å²) in [6, 6.07) is 13.3. The number of methoxy groups -OCH3 is 1. The van der Waals surface area contributed by atoms with Crippen LogP contribution in [0.25, 0.3) is 5.69 Å². The number of carbonyl (C=O) groups is 1. The molecule has 0 radical (unpaired) electrons. The standard InChI is InChI=1S/C18H18N4O2S/c1-12-4-5-13(2)16(10-12)17(23)11-25-18-19-20-21-22(18)14-6-8-15(24-3)9-7-14/h4-10H,11H2,1-3H3. The highest BCUT2D eigenvalue weighted by atomic mass is 32.2. The van der Waals surface area contributed by atoms with Crippen LogP contribution in [-0.2, 0) is 0 Å². The maximum absolute atomic E-state index is 12.5. The van der Waals surface area contributed by atoms with Crippen molar-refractivity contribution in [1.82, 2.24) is 20.2 Å². The fraction of sp³-hybridized carbons (Fsp3) is 0.222. The fourth-order valence-electron chi connectivity index (χ4n) is 2.40. The Hall–Kier alpha value is -2.67. The topological polar surface area (TPSA) is 69.9 Å². The van der Waals surface area contributed by atoms with E-state index in [9.17, 15) is 4.79 Å². The Morgan fingerprint density at radius 1 is 1.16 bits per heavy atom. The first-order valence-electron chi connectivity index (χ1n) is 7.74. The van der Waals surface area contributed by atoms with Crippen molar-refractivity contribution in [3.8, 4) is 11.4 Å². The van der Waals surface area contributed by atoms with Crippen molar-refractivity contribution in [2.75, 3.05) is 12.9 Å². The molecule has 0 aliphatic carbocycles. The van der Waals surface area contributed by atoms with Crippen LogP contribution in [0.5, 0.6) is 5.75 Å². The molecule has 0 unspecified atom stereocenters. The van der Waals surface area contributed by atoms with Crippen molar-refractivity contribution in [2.45, 2.75) is 19.0 Å². The van der Waals surface area contributed by atoms with Gasteiger partial charge in [-0.1, -0.05) is 29.5 Å². The number of tetrazole rings is 1. The van der Waals surface area contributed by atoms with Gasteiger partial charge in [-0.3, -0.25) is 4.79 Å². The molecule has 25 heavy (non-hydrogen) atoms. The summed E-state index contributed by atoms with van der Waals surface area (Å²) in [7, 11) is 1.62. The van der Waals surface area contributed by atoms with Gasteiger partial charge in [0.15, 0.2) is 5.78 Å². The van der Waals surface area contributed by atoms with Crippen LogP contribution < -0.4 is 4.74 Å². The first-order chi connectivity index (χ1) is 12.1. The molecule has 0 fully saturated rings. The van der Waals surface area contributed by atoms with Crippen LogP contribution in [0, 0.1) is 13.8 Å². The quantitative estimate of drug-likeness (QED) is 0.500. The Bertz CT molecular complexity index is 890. The number of carbonyl (C=O) groups excluding carboxylic acids is 1. The second-order valence-electron chi connectivity index (χ2n) is 5.60. The molecule has 128 valence electrons. The van der Waals surface area contributed by atoms with Crippen LogP contribution in [0.4, 0.5) is 0 Å². The first kappa shape index (κ1) is 17.2. The minimum Gasteiger partial charge on any atom is -0.497 e. The molecule has 0 aliphatic heterocycles. The minimum absolute atomic E-state index is 0.0653. The van der Waals surface area contributed by atoms with Gasteiger partial charge in [0.05, 0.1) is 18.6 Å². The molecule has 1 aromatic heterocycles. The van der Waals surface area contributed by atoms with Gasteiger partial charge in [0.1, 0.15) is 5.75 Å². The highest BCUT2D eigenvalue weighted by molar-refractivity contribution is 7.99. The number of rotatable bonds is 6. The van der Waals surface area contributed by atoms with Crippen molar-refractivity contribution in [3.05, 3.63) is 59.2 Å². The predicted molar refractivity (Wildman–Crippen MR) is 96.7 cm³/mol. The molecular formula is C18H18N4O2S. The van der Waals surface area contributed by atoms with Gasteiger partial charge in [-0.2, -0.15) is 4.68 Å². The molecule has 6 nitrogen and oxygen atoms in total. The molecule has 2 aromatic carbocycles. The Labute approximate surface area is 150 Å². The van der Waals surface area contributed by atoms with Gasteiger partial charge >= 0.3 is 0 Å². The monoisotopic (exact) mass is 354 g/mol. The lowest BCUT2D eigenvalue weighted by atomic mass is 10.0. The number of benzene rings is 2. The van der Waals surface area contributed by atoms with E-state index in [-0.39, 0.29) is 11.5 Å². The van der Waals surface area contributed by atoms with Gasteiger partial charge in [0.25, 0.3) is 0 Å². The lowest BCUT2D eigenvalue weighted by molar-refractivity contribution is 0.102. The van der Waals surface area contributed by atoms with E-state index in [1.54, 1.807) is 11.8 Å². The number of hydrogen-bond acceptors (Lipinski definition) is 6. The summed E-state index contributed by atoms with van der Waals surface area (Å²) < 4.78 is 6.77. The van der Waals surface area contributed by atoms with Crippen molar-refractivity contribution in [3.63, 3.8) is 0 Å². The number of aryl methyl sites for hydroxylation is 2. The summed E-state index contributed by atoms with van der Waals surface area (Å²) in [5.41, 5.74) is 3.61. The lowest BCUT2D eigenvalue weighted by Gasteiger charge is -2.07. The molecule has 0 bridgehead atoms. The molecule has 0 aliphatic rings. The molecule has 0 amide bonds. The van der Waals surface area contributed by atoms with E-state index >= 15 is 0 Å². The zero-order valence-corrected chi connectivity index (χ0v) is 15.1. The van der Waals surface area contributed by atoms with Crippen molar-refractivity contribution in [2.24, 2.45) is 0 Å². The third kappa shape index (κ3) is 3.88. The molecule has 0 saturated carbocycles. The van der Waals surface area contributed by atoms with E-state index < -0.39 is 0 Å². The Morgan fingerprint density at radius 3 is 2.64 bits per heavy atom. The third-order valence-electron chi connectivity index (χ3n) is 3.78. The molecule has 3 rings (SSSR count). The van der Waals surface area contributed by atoms with Gasteiger partial charge in [0, 0.05) is 5.56 Å². The fourth-order valence-corrected chi connectivity index (χ4v) is 3.17. The van der Waals surface area contributed by atoms with Crippen molar-refractivity contribution < 1.29 is 9.53 Å². The van der Waals surface area contributed by atoms with Gasteiger partial charge in [-0.05, 0) is 60.2 Å². The highest BCUT2D eigenvalue weighted by Gasteiger charge is 2.14. The normalized spacial score (nSPS) is 10.7. The maximum atomic E-state index is 12.5. The van der Waals surface area contributed by atoms with Crippen LogP contribution in [0.2, 0.25) is 0 Å². The Kier molecular flexibility index (Phi) is 5.14. The first-order valence-corrected chi connectivity index (χ1v) is 8.73. The van der Waals surface area contributed by atoms with Crippen LogP contribution in [0.15, 0.2) is 47.6 Å². The van der Waals surface area contributed by atoms with Crippen LogP contribution in [0.1, 0.15) is 21.5 Å². The molecule has 1 heterocycles. The van der Waals surface area contributed by atoms with Gasteiger partial charge in [-0.15, -0.1) is 5.10 Å². The van der Waals surface area contributed by atoms with Crippen molar-refractivity contribution >= 4 is 17.5 Å². The SMILES string of the molecule is COc1ccc(-n2nnnc2SCC(=O)c2cc(C)ccc2C)cc1. The maximum Gasteiger partial charge on any atom is 0.214 e. The summed E-state index contributed by atoms with van der Waals surface area (Å²) in [6.45, 7) is 3.92. The van der Waals surface area contributed by atoms with E-state index in [2.05, 4.69) is 15.5 Å². The molecule has 0 atom stereocenters. The molecule has 0 spiro atoms. The minimum atomic E-state index is 0.0653. The summed E-state index contributed by atoms with van der Waals surface area (Å²) in [4.78, 5) is 12.5. The second-order valence-corrected chi connectivity index (χ2v) is 6.54. The average molecular weight is 354 g/mol. The van der Waals surface area contributed by atoms with E-state index in [0.29, 0.717) is 5.16 Å². The zero-order valence-electron chi connectivity index (χ0n) is 14.3. The number of Topliss-reactive ketones (excluding diaryl/α,β-unsaturated/α-hetero) is 1. The zero-order chi connectivity index (χ0) is 17.8. The second kappa shape index (κ2) is 7.48. The third-order valence-corrected chi connectivity index (χ3v) is 4.70. The van der Waals surface area contributed by atoms with E-state index in [0.717, 1.165) is 28.1 Å². The van der Waals surface area contributed by atoms with E-state index in [1.807, 2.05) is 56.3 Å². The highest BCUT2D eigenvalue weighted by Crippen LogP contribution is 2.22. The van der Waals surface area contributed by atoms with E-state index in [4.69, 9.17) is 4.74 Å². The Balaban J connectivity index is 1.75. The van der Waals surface area contributed by atoms with Crippen LogP contribution in [-0.4, -0.2) is 38.9 Å². The molecule has 3 aromatic rings. The number of nitrogens with zero attached hydrogens (tertiary/aromatic N) is 4. The summed E-state index contributed by atoms with van der Waals surface area (Å²) >= 11 is 1.32. The van der Waals surface area contributed by atoms with Gasteiger partial charge in [-0.25, -0.2) is 0 Å². The summed E-state index contributed by atoms with van der Waals surface area (Å²) in [6.07, 6.45) is 0. The number of thioether (sulfide) groups is 1. The van der Waals surface area contributed by atoms with E-state index in [1.165, 1.54) is 11.8 Å². The molecular weight excluding hydrogens is 336 g/mol. The van der Waals surface area contributed by atoms with Gasteiger partial charge < -0.3 is 4.74 Å². The number of aromatic nitrogens is 4. The predicted octanol–water partition coefficient (Wildman–Crippen LogP) is 3.26. The van der Waals surface area contributed by atoms with Crippen molar-refractivity contribution in [1.29, 1.82) is 0 Å². The molecule has 0 N–H and O–H groups in total. The Morgan fingerprint density at radius 2 is 1.92 bits per heavy atom. The number of ether oxygens (including phenoxy) is 1. The number of hydrogen-bond donors (Lipinski definition) is 0.